The molecule has 1 rings (SSSR count). The Hall–Kier alpha value is -1.41. The van der Waals surface area contributed by atoms with Crippen LogP contribution in [0.2, 0.25) is 0 Å². The maximum absolute atomic E-state index is 11.1. The van der Waals surface area contributed by atoms with Crippen molar-refractivity contribution in [3.63, 3.8) is 0 Å². The number of nitrogen functional groups attached to an aromatic ring is 1. The maximum atomic E-state index is 11.1. The molecule has 0 fully saturated rings. The average molecular weight is 259 g/mol. The van der Waals surface area contributed by atoms with E-state index in [2.05, 4.69) is 15.4 Å². The predicted molar refractivity (Wildman–Crippen MR) is 67.6 cm³/mol. The highest BCUT2D eigenvalue weighted by atomic mass is 32.2. The highest BCUT2D eigenvalue weighted by Gasteiger charge is 2.09. The lowest BCUT2D eigenvalue weighted by atomic mass is 10.4. The zero-order valence-electron chi connectivity index (χ0n) is 10.1. The van der Waals surface area contributed by atoms with Crippen LogP contribution in [0, 0.1) is 6.92 Å². The molecule has 0 atom stereocenters. The smallest absolute Gasteiger partial charge is 0.149 e. The second-order valence-electron chi connectivity index (χ2n) is 3.85. The molecule has 8 heteroatoms. The third kappa shape index (κ3) is 4.53. The molecule has 0 radical (unpaired) electrons. The van der Waals surface area contributed by atoms with E-state index in [-0.39, 0.29) is 5.75 Å². The SMILES string of the molecule is Cc1nc(NN)cc(N(C)CCS(C)(=O)=O)n1. The van der Waals surface area contributed by atoms with E-state index in [0.29, 0.717) is 24.0 Å². The fraction of sp³-hybridized carbons (Fsp3) is 0.556. The van der Waals surface area contributed by atoms with Gasteiger partial charge in [0.05, 0.1) is 5.75 Å². The Balaban J connectivity index is 2.81. The van der Waals surface area contributed by atoms with Gasteiger partial charge in [0.15, 0.2) is 0 Å². The van der Waals surface area contributed by atoms with Gasteiger partial charge in [0.1, 0.15) is 27.3 Å². The van der Waals surface area contributed by atoms with Crippen molar-refractivity contribution in [3.8, 4) is 0 Å². The number of anilines is 2. The van der Waals surface area contributed by atoms with Crippen LogP contribution in [-0.2, 0) is 9.84 Å². The van der Waals surface area contributed by atoms with Crippen LogP contribution in [0.1, 0.15) is 5.82 Å². The van der Waals surface area contributed by atoms with Crippen molar-refractivity contribution in [1.82, 2.24) is 9.97 Å². The normalized spacial score (nSPS) is 11.3. The van der Waals surface area contributed by atoms with Crippen molar-refractivity contribution < 1.29 is 8.42 Å². The molecule has 0 unspecified atom stereocenters. The van der Waals surface area contributed by atoms with Gasteiger partial charge in [-0.25, -0.2) is 24.2 Å². The Kier molecular flexibility index (Phi) is 4.24. The summed E-state index contributed by atoms with van der Waals surface area (Å²) < 4.78 is 22.1. The van der Waals surface area contributed by atoms with Gasteiger partial charge in [0.25, 0.3) is 0 Å². The third-order valence-corrected chi connectivity index (χ3v) is 3.09. The Morgan fingerprint density at radius 3 is 2.65 bits per heavy atom. The first kappa shape index (κ1) is 13.7. The number of nitrogens with two attached hydrogens (primary N) is 1. The fourth-order valence-electron chi connectivity index (χ4n) is 1.24. The van der Waals surface area contributed by atoms with E-state index < -0.39 is 9.84 Å². The van der Waals surface area contributed by atoms with E-state index in [4.69, 9.17) is 5.84 Å². The molecule has 1 aromatic heterocycles. The van der Waals surface area contributed by atoms with Gasteiger partial charge in [-0.1, -0.05) is 0 Å². The van der Waals surface area contributed by atoms with E-state index in [1.54, 1.807) is 24.9 Å². The topological polar surface area (TPSA) is 101 Å². The van der Waals surface area contributed by atoms with Gasteiger partial charge < -0.3 is 10.3 Å². The second kappa shape index (κ2) is 5.28. The number of nitrogens with zero attached hydrogens (tertiary/aromatic N) is 3. The minimum atomic E-state index is -2.98. The lowest BCUT2D eigenvalue weighted by Crippen LogP contribution is -2.26. The molecule has 0 bridgehead atoms. The van der Waals surface area contributed by atoms with Crippen LogP contribution in [0.15, 0.2) is 6.07 Å². The molecule has 96 valence electrons. The van der Waals surface area contributed by atoms with Crippen molar-refractivity contribution in [2.75, 3.05) is 35.9 Å². The number of sulfone groups is 1. The molecule has 0 spiro atoms. The number of hydrogen-bond donors (Lipinski definition) is 2. The van der Waals surface area contributed by atoms with Gasteiger partial charge in [0, 0.05) is 25.9 Å². The molecule has 0 saturated carbocycles. The number of hydrogen-bond acceptors (Lipinski definition) is 7. The van der Waals surface area contributed by atoms with E-state index in [9.17, 15) is 8.42 Å². The van der Waals surface area contributed by atoms with Gasteiger partial charge in [-0.2, -0.15) is 0 Å². The summed E-state index contributed by atoms with van der Waals surface area (Å²) in [5.74, 6) is 7.06. The lowest BCUT2D eigenvalue weighted by molar-refractivity contribution is 0.601. The minimum absolute atomic E-state index is 0.0813. The van der Waals surface area contributed by atoms with E-state index >= 15 is 0 Å². The number of hydrazine groups is 1. The molecule has 0 aromatic carbocycles. The molecule has 17 heavy (non-hydrogen) atoms. The van der Waals surface area contributed by atoms with Crippen molar-refractivity contribution in [3.05, 3.63) is 11.9 Å². The Morgan fingerprint density at radius 1 is 1.47 bits per heavy atom. The van der Waals surface area contributed by atoms with E-state index in [1.165, 1.54) is 6.26 Å². The molecule has 7 nitrogen and oxygen atoms in total. The van der Waals surface area contributed by atoms with Crippen LogP contribution >= 0.6 is 0 Å². The molecule has 0 amide bonds. The average Bonchev–Trinajstić information content (AvgIpc) is 2.23. The van der Waals surface area contributed by atoms with Crippen LogP contribution in [-0.4, -0.2) is 44.0 Å². The molecule has 3 N–H and O–H groups in total. The quantitative estimate of drug-likeness (QED) is 0.545. The fourth-order valence-corrected chi connectivity index (χ4v) is 1.84. The highest BCUT2D eigenvalue weighted by Crippen LogP contribution is 2.13. The number of aryl methyl sites for hydroxylation is 1. The Labute approximate surface area is 101 Å². The number of aromatic nitrogens is 2. The summed E-state index contributed by atoms with van der Waals surface area (Å²) in [4.78, 5) is 10.0. The second-order valence-corrected chi connectivity index (χ2v) is 6.11. The maximum Gasteiger partial charge on any atom is 0.149 e. The molecule has 0 aliphatic rings. The molecular formula is C9H17N5O2S. The number of nitrogens with one attached hydrogen (secondary N) is 1. The zero-order chi connectivity index (χ0) is 13.1. The lowest BCUT2D eigenvalue weighted by Gasteiger charge is -2.18. The highest BCUT2D eigenvalue weighted by molar-refractivity contribution is 7.90. The van der Waals surface area contributed by atoms with E-state index in [0.717, 1.165) is 0 Å². The van der Waals surface area contributed by atoms with Gasteiger partial charge in [-0.05, 0) is 6.92 Å². The summed E-state index contributed by atoms with van der Waals surface area (Å²) in [5, 5.41) is 0. The van der Waals surface area contributed by atoms with Gasteiger partial charge in [-0.15, -0.1) is 0 Å². The van der Waals surface area contributed by atoms with Crippen molar-refractivity contribution >= 4 is 21.5 Å². The number of rotatable bonds is 5. The monoisotopic (exact) mass is 259 g/mol. The molecule has 1 heterocycles. The largest absolute Gasteiger partial charge is 0.358 e. The van der Waals surface area contributed by atoms with Crippen LogP contribution in [0.4, 0.5) is 11.6 Å². The predicted octanol–water partition coefficient (Wildman–Crippen LogP) is -0.449. The molecule has 0 aliphatic carbocycles. The van der Waals surface area contributed by atoms with Gasteiger partial charge in [0.2, 0.25) is 0 Å². The summed E-state index contributed by atoms with van der Waals surface area (Å²) in [6.45, 7) is 2.12. The molecule has 0 saturated heterocycles. The minimum Gasteiger partial charge on any atom is -0.358 e. The van der Waals surface area contributed by atoms with Gasteiger partial charge >= 0.3 is 0 Å². The first-order chi connectivity index (χ1) is 7.81. The Morgan fingerprint density at radius 2 is 2.12 bits per heavy atom. The Bertz CT molecular complexity index is 488. The van der Waals surface area contributed by atoms with Crippen molar-refractivity contribution in [2.24, 2.45) is 5.84 Å². The summed E-state index contributed by atoms with van der Waals surface area (Å²) in [6.07, 6.45) is 1.21. The standard InChI is InChI=1S/C9H17N5O2S/c1-7-11-8(13-10)6-9(12-7)14(2)4-5-17(3,15)16/h6H,4-5,10H2,1-3H3,(H,11,12,13). The summed E-state index contributed by atoms with van der Waals surface area (Å²) >= 11 is 0. The van der Waals surface area contributed by atoms with E-state index in [1.807, 2.05) is 0 Å². The summed E-state index contributed by atoms with van der Waals surface area (Å²) in [6, 6.07) is 1.66. The third-order valence-electron chi connectivity index (χ3n) is 2.16. The van der Waals surface area contributed by atoms with Crippen LogP contribution in [0.5, 0.6) is 0 Å². The summed E-state index contributed by atoms with van der Waals surface area (Å²) in [7, 11) is -1.21. The molecule has 0 aliphatic heterocycles. The zero-order valence-corrected chi connectivity index (χ0v) is 11.0. The van der Waals surface area contributed by atoms with Crippen LogP contribution in [0.25, 0.3) is 0 Å². The van der Waals surface area contributed by atoms with Crippen LogP contribution in [0.3, 0.4) is 0 Å². The van der Waals surface area contributed by atoms with Crippen molar-refractivity contribution in [2.45, 2.75) is 6.92 Å². The van der Waals surface area contributed by atoms with Gasteiger partial charge in [-0.3, -0.25) is 0 Å². The first-order valence-electron chi connectivity index (χ1n) is 5.03. The first-order valence-corrected chi connectivity index (χ1v) is 7.09. The van der Waals surface area contributed by atoms with Crippen LogP contribution < -0.4 is 16.2 Å². The van der Waals surface area contributed by atoms with Crippen molar-refractivity contribution in [1.29, 1.82) is 0 Å². The summed E-state index contributed by atoms with van der Waals surface area (Å²) in [5.41, 5.74) is 2.44. The molecule has 1 aromatic rings. The molecular weight excluding hydrogens is 242 g/mol.